The maximum atomic E-state index is 11.3. The van der Waals surface area contributed by atoms with Gasteiger partial charge in [-0.05, 0) is 23.8 Å². The van der Waals surface area contributed by atoms with Crippen LogP contribution in [0.25, 0.3) is 10.4 Å². The number of nitrogens with zero attached hydrogens (tertiary/aromatic N) is 3. The van der Waals surface area contributed by atoms with Gasteiger partial charge in [0, 0.05) is 24.4 Å². The first-order chi connectivity index (χ1) is 7.02. The van der Waals surface area contributed by atoms with E-state index in [4.69, 9.17) is 5.53 Å². The van der Waals surface area contributed by atoms with Crippen LogP contribution in [0.5, 0.6) is 0 Å². The van der Waals surface area contributed by atoms with E-state index in [2.05, 4.69) is 36.1 Å². The van der Waals surface area contributed by atoms with Crippen molar-refractivity contribution in [3.63, 3.8) is 0 Å². The van der Waals surface area contributed by atoms with Gasteiger partial charge in [-0.1, -0.05) is 25.9 Å². The Morgan fingerprint density at radius 3 is 2.73 bits per heavy atom. The molecule has 5 heteroatoms. The number of azide groups is 1. The lowest BCUT2D eigenvalue weighted by molar-refractivity contribution is -0.121. The molecule has 0 fully saturated rings. The van der Waals surface area contributed by atoms with Gasteiger partial charge < -0.3 is 5.32 Å². The molecule has 15 heavy (non-hydrogen) atoms. The second-order valence-corrected chi connectivity index (χ2v) is 4.35. The minimum atomic E-state index is 0.0321. The third-order valence-corrected chi connectivity index (χ3v) is 2.45. The van der Waals surface area contributed by atoms with Crippen LogP contribution in [0.2, 0.25) is 0 Å². The van der Waals surface area contributed by atoms with Gasteiger partial charge in [-0.25, -0.2) is 0 Å². The van der Waals surface area contributed by atoms with Crippen molar-refractivity contribution in [3.05, 3.63) is 10.4 Å². The number of rotatable bonds is 7. The van der Waals surface area contributed by atoms with E-state index in [1.54, 1.807) is 0 Å². The van der Waals surface area contributed by atoms with E-state index in [1.165, 1.54) is 0 Å². The summed E-state index contributed by atoms with van der Waals surface area (Å²) in [5.41, 5.74) is 8.18. The lowest BCUT2D eigenvalue weighted by Gasteiger charge is -2.22. The van der Waals surface area contributed by atoms with Gasteiger partial charge in [0.25, 0.3) is 0 Å². The van der Waals surface area contributed by atoms with Crippen LogP contribution in [-0.2, 0) is 4.79 Å². The first-order valence-corrected chi connectivity index (χ1v) is 5.29. The first-order valence-electron chi connectivity index (χ1n) is 5.29. The van der Waals surface area contributed by atoms with Crippen LogP contribution in [0.3, 0.4) is 0 Å². The summed E-state index contributed by atoms with van der Waals surface area (Å²) >= 11 is 0. The molecule has 1 amide bonds. The number of carbonyl (C=O) groups is 1. The highest BCUT2D eigenvalue weighted by Crippen LogP contribution is 2.17. The molecule has 0 bridgehead atoms. The molecule has 0 saturated carbocycles. The molecule has 5 nitrogen and oxygen atoms in total. The van der Waals surface area contributed by atoms with E-state index in [-0.39, 0.29) is 11.3 Å². The summed E-state index contributed by atoms with van der Waals surface area (Å²) in [6, 6.07) is 0. The normalized spacial score (nSPS) is 10.6. The van der Waals surface area contributed by atoms with Crippen molar-refractivity contribution in [3.8, 4) is 0 Å². The molecule has 1 N–H and O–H groups in total. The second-order valence-electron chi connectivity index (χ2n) is 4.35. The van der Waals surface area contributed by atoms with Crippen molar-refractivity contribution in [2.75, 3.05) is 13.1 Å². The molecular weight excluding hydrogens is 192 g/mol. The zero-order valence-electron chi connectivity index (χ0n) is 9.79. The Morgan fingerprint density at radius 1 is 1.53 bits per heavy atom. The van der Waals surface area contributed by atoms with Crippen LogP contribution in [0, 0.1) is 5.41 Å². The predicted octanol–water partition coefficient (Wildman–Crippen LogP) is 2.63. The molecule has 86 valence electrons. The van der Waals surface area contributed by atoms with Crippen LogP contribution < -0.4 is 5.32 Å². The molecular formula is C10H20N4O. The highest BCUT2D eigenvalue weighted by atomic mass is 16.1. The smallest absolute Gasteiger partial charge is 0.220 e. The summed E-state index contributed by atoms with van der Waals surface area (Å²) in [4.78, 5) is 13.9. The van der Waals surface area contributed by atoms with Crippen molar-refractivity contribution in [2.24, 2.45) is 10.5 Å². The van der Waals surface area contributed by atoms with Gasteiger partial charge in [0.1, 0.15) is 0 Å². The number of hydrogen-bond acceptors (Lipinski definition) is 2. The number of nitrogens with one attached hydrogen (secondary N) is 1. The van der Waals surface area contributed by atoms with Crippen LogP contribution in [0.4, 0.5) is 0 Å². The number of hydrogen-bond donors (Lipinski definition) is 1. The van der Waals surface area contributed by atoms with Crippen LogP contribution in [0.1, 0.15) is 40.0 Å². The Morgan fingerprint density at radius 2 is 2.20 bits per heavy atom. The molecule has 0 aliphatic carbocycles. The SMILES string of the molecule is CCC(C)(C)CNC(=O)CCCN=[N+]=[N-]. The van der Waals surface area contributed by atoms with Crippen LogP contribution in [-0.4, -0.2) is 19.0 Å². The number of amides is 1. The Labute approximate surface area is 90.9 Å². The quantitative estimate of drug-likeness (QED) is 0.299. The maximum absolute atomic E-state index is 11.3. The summed E-state index contributed by atoms with van der Waals surface area (Å²) in [7, 11) is 0. The summed E-state index contributed by atoms with van der Waals surface area (Å²) < 4.78 is 0. The fraction of sp³-hybridized carbons (Fsp3) is 0.900. The van der Waals surface area contributed by atoms with Gasteiger partial charge in [0.15, 0.2) is 0 Å². The fourth-order valence-corrected chi connectivity index (χ4v) is 0.906. The average Bonchev–Trinajstić information content (AvgIpc) is 2.22. The molecule has 0 aromatic rings. The van der Waals surface area contributed by atoms with Gasteiger partial charge in [0.05, 0.1) is 0 Å². The minimum absolute atomic E-state index is 0.0321. The molecule has 0 spiro atoms. The Hall–Kier alpha value is -1.22. The summed E-state index contributed by atoms with van der Waals surface area (Å²) in [5.74, 6) is 0.0321. The van der Waals surface area contributed by atoms with E-state index in [0.29, 0.717) is 25.9 Å². The Kier molecular flexibility index (Phi) is 6.54. The first kappa shape index (κ1) is 13.8. The molecule has 0 unspecified atom stereocenters. The van der Waals surface area contributed by atoms with Crippen LogP contribution >= 0.6 is 0 Å². The van der Waals surface area contributed by atoms with E-state index < -0.39 is 0 Å². The van der Waals surface area contributed by atoms with Gasteiger partial charge in [-0.3, -0.25) is 4.79 Å². The lowest BCUT2D eigenvalue weighted by atomic mass is 9.90. The summed E-state index contributed by atoms with van der Waals surface area (Å²) in [6.07, 6.45) is 2.08. The Bertz CT molecular complexity index is 244. The van der Waals surface area contributed by atoms with Crippen molar-refractivity contribution < 1.29 is 4.79 Å². The van der Waals surface area contributed by atoms with Gasteiger partial charge in [-0.15, -0.1) is 0 Å². The van der Waals surface area contributed by atoms with Gasteiger partial charge in [0.2, 0.25) is 5.91 Å². The molecule has 0 rings (SSSR count). The monoisotopic (exact) mass is 212 g/mol. The highest BCUT2D eigenvalue weighted by molar-refractivity contribution is 5.75. The van der Waals surface area contributed by atoms with Crippen molar-refractivity contribution in [1.29, 1.82) is 0 Å². The second kappa shape index (κ2) is 7.12. The zero-order valence-corrected chi connectivity index (χ0v) is 9.79. The molecule has 0 aliphatic rings. The molecule has 0 atom stereocenters. The minimum Gasteiger partial charge on any atom is -0.356 e. The Balaban J connectivity index is 3.62. The zero-order chi connectivity index (χ0) is 11.7. The molecule has 0 aromatic heterocycles. The van der Waals surface area contributed by atoms with E-state index in [9.17, 15) is 4.79 Å². The molecule has 0 saturated heterocycles. The average molecular weight is 212 g/mol. The third kappa shape index (κ3) is 7.82. The van der Waals surface area contributed by atoms with Crippen molar-refractivity contribution in [2.45, 2.75) is 40.0 Å². The van der Waals surface area contributed by atoms with Crippen molar-refractivity contribution >= 4 is 5.91 Å². The predicted molar refractivity (Wildman–Crippen MR) is 60.3 cm³/mol. The molecule has 0 heterocycles. The van der Waals surface area contributed by atoms with Gasteiger partial charge >= 0.3 is 0 Å². The maximum Gasteiger partial charge on any atom is 0.220 e. The van der Waals surface area contributed by atoms with Crippen molar-refractivity contribution in [1.82, 2.24) is 5.32 Å². The van der Waals surface area contributed by atoms with E-state index in [1.807, 2.05) is 0 Å². The van der Waals surface area contributed by atoms with E-state index >= 15 is 0 Å². The van der Waals surface area contributed by atoms with Crippen LogP contribution in [0.15, 0.2) is 5.11 Å². The molecule has 0 aromatic carbocycles. The van der Waals surface area contributed by atoms with Gasteiger partial charge in [-0.2, -0.15) is 0 Å². The van der Waals surface area contributed by atoms with E-state index in [0.717, 1.165) is 6.42 Å². The fourth-order valence-electron chi connectivity index (χ4n) is 0.906. The molecule has 0 radical (unpaired) electrons. The lowest BCUT2D eigenvalue weighted by Crippen LogP contribution is -2.33. The molecule has 0 aliphatic heterocycles. The largest absolute Gasteiger partial charge is 0.356 e. The highest BCUT2D eigenvalue weighted by Gasteiger charge is 2.15. The topological polar surface area (TPSA) is 77.9 Å². The standard InChI is InChI=1S/C10H20N4O/c1-4-10(2,3)8-12-9(15)6-5-7-13-14-11/h4-8H2,1-3H3,(H,12,15). The number of carbonyl (C=O) groups excluding carboxylic acids is 1. The summed E-state index contributed by atoms with van der Waals surface area (Å²) in [6.45, 7) is 7.43. The summed E-state index contributed by atoms with van der Waals surface area (Å²) in [5, 5.41) is 6.25. The third-order valence-electron chi connectivity index (χ3n) is 2.45.